The maximum Gasteiger partial charge on any atom is 0.263 e. The van der Waals surface area contributed by atoms with Gasteiger partial charge in [0.05, 0.1) is 64.2 Å². The number of nitrogens with zero attached hydrogens (tertiary/aromatic N) is 7. The molecule has 3 aromatic carbocycles. The maximum atomic E-state index is 13.6. The molecular formula is C53H60Cl4N10O7. The first-order valence-electron chi connectivity index (χ1n) is 24.6. The van der Waals surface area contributed by atoms with E-state index in [9.17, 15) is 14.4 Å². The lowest BCUT2D eigenvalue weighted by atomic mass is 9.73. The molecule has 5 N–H and O–H groups in total. The average molecular weight is 1090 g/mol. The monoisotopic (exact) mass is 1090 g/mol. The number of aromatic nitrogens is 6. The number of carbonyl (C=O) groups excluding carboxylic acids is 1. The lowest BCUT2D eigenvalue weighted by Crippen LogP contribution is -2.51. The zero-order valence-corrected chi connectivity index (χ0v) is 45.3. The molecule has 6 aromatic rings. The van der Waals surface area contributed by atoms with E-state index in [1.807, 2.05) is 13.8 Å². The summed E-state index contributed by atoms with van der Waals surface area (Å²) in [6.45, 7) is 17.1. The summed E-state index contributed by atoms with van der Waals surface area (Å²) in [7, 11) is 0. The molecule has 0 bridgehead atoms. The molecule has 10 rings (SSSR count). The second-order valence-electron chi connectivity index (χ2n) is 19.9. The van der Waals surface area contributed by atoms with Gasteiger partial charge in [0.2, 0.25) is 5.88 Å². The zero-order valence-electron chi connectivity index (χ0n) is 42.3. The number of rotatable bonds is 9. The Kier molecular flexibility index (Phi) is 15.3. The minimum atomic E-state index is -0.209. The van der Waals surface area contributed by atoms with Crippen molar-refractivity contribution in [3.05, 3.63) is 130 Å². The number of ketones is 1. The maximum absolute atomic E-state index is 13.6. The number of aryl methyl sites for hydroxylation is 2. The van der Waals surface area contributed by atoms with Crippen LogP contribution in [0.1, 0.15) is 79.6 Å². The van der Waals surface area contributed by atoms with Crippen molar-refractivity contribution in [3.8, 4) is 34.5 Å². The van der Waals surface area contributed by atoms with Gasteiger partial charge in [0.25, 0.3) is 11.1 Å². The summed E-state index contributed by atoms with van der Waals surface area (Å²) in [4.78, 5) is 52.6. The van der Waals surface area contributed by atoms with Crippen molar-refractivity contribution >= 4 is 63.8 Å². The molecule has 392 valence electrons. The summed E-state index contributed by atoms with van der Waals surface area (Å²) in [5.74, 6) is 3.97. The number of piperidine rings is 2. The third-order valence-electron chi connectivity index (χ3n) is 15.4. The Morgan fingerprint density at radius 2 is 1.08 bits per heavy atom. The van der Waals surface area contributed by atoms with Crippen molar-refractivity contribution in [3.63, 3.8) is 0 Å². The van der Waals surface area contributed by atoms with E-state index >= 15 is 0 Å². The molecule has 74 heavy (non-hydrogen) atoms. The van der Waals surface area contributed by atoms with Crippen molar-refractivity contribution in [1.82, 2.24) is 29.3 Å². The van der Waals surface area contributed by atoms with E-state index in [4.69, 9.17) is 86.8 Å². The number of ether oxygens (including phenoxy) is 4. The van der Waals surface area contributed by atoms with Gasteiger partial charge in [-0.1, -0.05) is 46.4 Å². The third-order valence-corrected chi connectivity index (χ3v) is 17.1. The summed E-state index contributed by atoms with van der Waals surface area (Å²) >= 11 is 26.3. The van der Waals surface area contributed by atoms with Gasteiger partial charge in [0.15, 0.2) is 5.78 Å². The van der Waals surface area contributed by atoms with Crippen LogP contribution in [-0.4, -0.2) is 98.8 Å². The molecule has 21 heteroatoms. The Hall–Kier alpha value is -5.50. The molecule has 7 heterocycles. The first kappa shape index (κ1) is 53.3. The van der Waals surface area contributed by atoms with E-state index in [-0.39, 0.29) is 72.1 Å². The number of halogens is 4. The van der Waals surface area contributed by atoms with Gasteiger partial charge in [-0.3, -0.25) is 23.5 Å². The van der Waals surface area contributed by atoms with Crippen LogP contribution in [0.2, 0.25) is 20.1 Å². The number of Topliss-reactive ketones (excluding diaryl/α,β-unsaturated/α-hetero) is 1. The molecule has 0 aliphatic carbocycles. The van der Waals surface area contributed by atoms with E-state index < -0.39 is 0 Å². The number of nitrogens with two attached hydrogens (primary N) is 2. The molecule has 3 aromatic heterocycles. The molecule has 0 unspecified atom stereocenters. The van der Waals surface area contributed by atoms with Crippen LogP contribution in [0.5, 0.6) is 23.1 Å². The van der Waals surface area contributed by atoms with Crippen LogP contribution in [-0.2, 0) is 9.47 Å². The van der Waals surface area contributed by atoms with E-state index in [0.717, 1.165) is 51.9 Å². The lowest BCUT2D eigenvalue weighted by molar-refractivity contribution is 0.0973. The minimum absolute atomic E-state index is 0.00185. The fourth-order valence-corrected chi connectivity index (χ4v) is 11.6. The van der Waals surface area contributed by atoms with Crippen LogP contribution in [0.4, 0.5) is 11.6 Å². The highest BCUT2D eigenvalue weighted by atomic mass is 35.5. The summed E-state index contributed by atoms with van der Waals surface area (Å²) < 4.78 is 26.2. The highest BCUT2D eigenvalue weighted by Crippen LogP contribution is 2.45. The van der Waals surface area contributed by atoms with Gasteiger partial charge in [-0.05, 0) is 123 Å². The molecule has 4 aliphatic heterocycles. The van der Waals surface area contributed by atoms with E-state index in [1.165, 1.54) is 16.1 Å². The summed E-state index contributed by atoms with van der Waals surface area (Å²) in [5.41, 5.74) is 15.1. The number of H-pyrrole nitrogens is 1. The molecule has 4 aliphatic rings. The van der Waals surface area contributed by atoms with Gasteiger partial charge in [-0.25, -0.2) is 15.1 Å². The predicted molar refractivity (Wildman–Crippen MR) is 288 cm³/mol. The van der Waals surface area contributed by atoms with E-state index in [2.05, 4.69) is 20.0 Å². The number of carbonyl (C=O) groups is 1. The Morgan fingerprint density at radius 3 is 1.46 bits per heavy atom. The molecule has 4 fully saturated rings. The largest absolute Gasteiger partial charge is 0.456 e. The Labute approximate surface area is 449 Å². The van der Waals surface area contributed by atoms with Crippen molar-refractivity contribution in [2.45, 2.75) is 98.4 Å². The van der Waals surface area contributed by atoms with Gasteiger partial charge in [0, 0.05) is 60.7 Å². The third kappa shape index (κ3) is 9.93. The van der Waals surface area contributed by atoms with Crippen molar-refractivity contribution in [1.29, 1.82) is 0 Å². The van der Waals surface area contributed by atoms with Gasteiger partial charge < -0.3 is 40.2 Å². The quantitative estimate of drug-likeness (QED) is 0.115. The number of hydrogen-bond acceptors (Lipinski definition) is 14. The molecule has 4 atom stereocenters. The lowest BCUT2D eigenvalue weighted by Gasteiger charge is -2.42. The number of anilines is 2. The number of benzene rings is 3. The topological polar surface area (TPSA) is 211 Å². The Balaban J connectivity index is 0.000000183. The SMILES string of the molecule is CC(=O)c1ccc(Oc2ccc(-n3c(C)nc(N4CCC5(CC4)CO[C@@H](C)[C@H]5N)c(C)c3=O)c(Cl)c2Cl)cc1.Cc1c(N2CCC3(CC2)CO[C@@H](C)[C@H]3N)nc(C)n(-c2ccc(Oc3ccn[nH]3)c(Cl)c2Cl)c1=O. The number of aromatic amines is 1. The van der Waals surface area contributed by atoms with Crippen LogP contribution in [0, 0.1) is 38.5 Å². The molecular weight excluding hydrogens is 1030 g/mol. The van der Waals surface area contributed by atoms with Crippen LogP contribution >= 0.6 is 46.4 Å². The minimum Gasteiger partial charge on any atom is -0.456 e. The smallest absolute Gasteiger partial charge is 0.263 e. The first-order valence-corrected chi connectivity index (χ1v) is 26.1. The summed E-state index contributed by atoms with van der Waals surface area (Å²) in [5, 5.41) is 7.29. The molecule has 0 amide bonds. The van der Waals surface area contributed by atoms with Gasteiger partial charge in [-0.15, -0.1) is 0 Å². The average Bonchev–Trinajstić information content (AvgIpc) is 4.08. The number of hydrogen-bond donors (Lipinski definition) is 3. The number of nitrogens with one attached hydrogen (secondary N) is 1. The molecule has 0 saturated carbocycles. The highest BCUT2D eigenvalue weighted by Gasteiger charge is 2.49. The van der Waals surface area contributed by atoms with Crippen LogP contribution in [0.15, 0.2) is 70.4 Å². The summed E-state index contributed by atoms with van der Waals surface area (Å²) in [6, 6.07) is 15.2. The van der Waals surface area contributed by atoms with Crippen LogP contribution < -0.4 is 41.9 Å². The standard InChI is InChI=1S/C29H32Cl2N4O4.C24H28Cl2N6O3/c1-16-27(34-13-11-29(12-14-34)15-38-18(3)26(29)32)33-19(4)35(28(16)37)22-9-10-23(25(31)24(22)30)39-21-7-5-20(6-8-21)17(2)36;1-13-22(31-10-7-24(8-11-31)12-34-14(2)21(24)27)29-15(3)32(23(13)33)16-4-5-17(20(26)19(16)25)35-18-6-9-28-30-18/h5-10,18,26H,11-15,32H2,1-4H3;4-6,9,14,21H,7-8,10-12,27H2,1-3H3,(H,28,30)/t18-,26+;14-,21+/m00/s1. The van der Waals surface area contributed by atoms with E-state index in [0.29, 0.717) is 87.7 Å². The van der Waals surface area contributed by atoms with Crippen molar-refractivity contribution in [2.75, 3.05) is 49.2 Å². The second kappa shape index (κ2) is 21.3. The molecule has 0 radical (unpaired) electrons. The summed E-state index contributed by atoms with van der Waals surface area (Å²) in [6.07, 6.45) is 5.28. The first-order chi connectivity index (χ1) is 35.2. The zero-order chi connectivity index (χ0) is 53.0. The molecule has 4 saturated heterocycles. The van der Waals surface area contributed by atoms with Crippen molar-refractivity contribution < 1.29 is 23.7 Å². The van der Waals surface area contributed by atoms with Crippen molar-refractivity contribution in [2.24, 2.45) is 22.3 Å². The second-order valence-corrected chi connectivity index (χ2v) is 21.4. The van der Waals surface area contributed by atoms with Gasteiger partial charge in [0.1, 0.15) is 50.6 Å². The predicted octanol–water partition coefficient (Wildman–Crippen LogP) is 9.49. The molecule has 17 nitrogen and oxygen atoms in total. The fourth-order valence-electron chi connectivity index (χ4n) is 10.7. The highest BCUT2D eigenvalue weighted by molar-refractivity contribution is 6.44. The van der Waals surface area contributed by atoms with E-state index in [1.54, 1.807) is 88.5 Å². The van der Waals surface area contributed by atoms with Gasteiger partial charge >= 0.3 is 0 Å². The Morgan fingerprint density at radius 1 is 0.649 bits per heavy atom. The van der Waals surface area contributed by atoms with Gasteiger partial charge in [-0.2, -0.15) is 5.10 Å². The fraction of sp³-hybridized carbons (Fsp3) is 0.434. The molecule has 2 spiro atoms. The van der Waals surface area contributed by atoms with Crippen LogP contribution in [0.3, 0.4) is 0 Å². The Bertz CT molecular complexity index is 3210. The normalized spacial score (nSPS) is 21.0. The van der Waals surface area contributed by atoms with Crippen LogP contribution in [0.25, 0.3) is 11.4 Å².